The Balaban J connectivity index is 2.65. The third-order valence-corrected chi connectivity index (χ3v) is 2.87. The first-order valence-corrected chi connectivity index (χ1v) is 5.56. The number of nitrogens with zero attached hydrogens (tertiary/aromatic N) is 3. The van der Waals surface area contributed by atoms with Crippen molar-refractivity contribution >= 4 is 40.6 Å². The summed E-state index contributed by atoms with van der Waals surface area (Å²) in [7, 11) is 0. The van der Waals surface area contributed by atoms with Gasteiger partial charge in [-0.3, -0.25) is 0 Å². The molecule has 0 unspecified atom stereocenters. The minimum absolute atomic E-state index is 0.120. The minimum atomic E-state index is 0.120. The van der Waals surface area contributed by atoms with E-state index < -0.39 is 0 Å². The Bertz CT molecular complexity index is 604. The summed E-state index contributed by atoms with van der Waals surface area (Å²) in [6.07, 6.45) is 1.45. The van der Waals surface area contributed by atoms with Gasteiger partial charge < -0.3 is 5.73 Å². The molecule has 0 radical (unpaired) electrons. The molecule has 0 aliphatic heterocycles. The van der Waals surface area contributed by atoms with Crippen LogP contribution in [0.5, 0.6) is 0 Å². The second-order valence-electron chi connectivity index (χ2n) is 3.20. The molecule has 0 aliphatic carbocycles. The van der Waals surface area contributed by atoms with Crippen LogP contribution in [0.1, 0.15) is 5.56 Å². The molecule has 0 spiro atoms. The van der Waals surface area contributed by atoms with E-state index in [4.69, 9.17) is 45.8 Å². The largest absolute Gasteiger partial charge is 0.381 e. The lowest BCUT2D eigenvalue weighted by Crippen LogP contribution is -1.98. The van der Waals surface area contributed by atoms with Crippen molar-refractivity contribution in [3.8, 4) is 11.8 Å². The van der Waals surface area contributed by atoms with Crippen LogP contribution in [0.2, 0.25) is 15.1 Å². The van der Waals surface area contributed by atoms with Gasteiger partial charge in [-0.15, -0.1) is 5.10 Å². The van der Waals surface area contributed by atoms with Crippen molar-refractivity contribution in [3.63, 3.8) is 0 Å². The fourth-order valence-electron chi connectivity index (χ4n) is 1.34. The quantitative estimate of drug-likeness (QED) is 0.875. The maximum absolute atomic E-state index is 8.79. The fraction of sp³-hybridized carbons (Fsp3) is 0. The first-order valence-electron chi connectivity index (χ1n) is 4.43. The van der Waals surface area contributed by atoms with Crippen LogP contribution in [0, 0.1) is 11.3 Å². The molecule has 2 rings (SSSR count). The highest BCUT2D eigenvalue weighted by Crippen LogP contribution is 2.32. The summed E-state index contributed by atoms with van der Waals surface area (Å²) < 4.78 is 1.36. The van der Waals surface area contributed by atoms with E-state index in [2.05, 4.69) is 5.10 Å². The van der Waals surface area contributed by atoms with Crippen molar-refractivity contribution in [2.24, 2.45) is 0 Å². The topological polar surface area (TPSA) is 67.6 Å². The van der Waals surface area contributed by atoms with Crippen molar-refractivity contribution in [3.05, 3.63) is 39.0 Å². The maximum Gasteiger partial charge on any atom is 0.163 e. The average molecular weight is 288 g/mol. The van der Waals surface area contributed by atoms with Gasteiger partial charge in [-0.1, -0.05) is 34.8 Å². The van der Waals surface area contributed by atoms with E-state index >= 15 is 0 Å². The maximum atomic E-state index is 8.79. The summed E-state index contributed by atoms with van der Waals surface area (Å²) in [5.74, 6) is 0.120. The zero-order valence-electron chi connectivity index (χ0n) is 8.28. The van der Waals surface area contributed by atoms with E-state index in [1.807, 2.05) is 6.07 Å². The Kier molecular flexibility index (Phi) is 3.16. The summed E-state index contributed by atoms with van der Waals surface area (Å²) in [6, 6.07) is 4.99. The van der Waals surface area contributed by atoms with E-state index in [1.165, 1.54) is 23.0 Å². The van der Waals surface area contributed by atoms with Gasteiger partial charge in [0.15, 0.2) is 5.82 Å². The molecule has 17 heavy (non-hydrogen) atoms. The summed E-state index contributed by atoms with van der Waals surface area (Å²) in [5, 5.41) is 13.8. The number of rotatable bonds is 1. The third-order valence-electron chi connectivity index (χ3n) is 2.07. The molecule has 2 aromatic rings. The molecule has 0 saturated heterocycles. The van der Waals surface area contributed by atoms with Gasteiger partial charge in [-0.05, 0) is 12.1 Å². The van der Waals surface area contributed by atoms with Crippen LogP contribution in [0.25, 0.3) is 5.69 Å². The number of benzene rings is 1. The van der Waals surface area contributed by atoms with Crippen LogP contribution in [0.4, 0.5) is 5.82 Å². The highest BCUT2D eigenvalue weighted by atomic mass is 35.5. The van der Waals surface area contributed by atoms with Crippen molar-refractivity contribution in [2.45, 2.75) is 0 Å². The van der Waals surface area contributed by atoms with Crippen molar-refractivity contribution in [2.75, 3.05) is 5.73 Å². The Morgan fingerprint density at radius 2 is 1.82 bits per heavy atom. The predicted octanol–water partition coefficient (Wildman–Crippen LogP) is 3.29. The molecule has 0 saturated carbocycles. The van der Waals surface area contributed by atoms with Crippen molar-refractivity contribution in [1.82, 2.24) is 9.78 Å². The van der Waals surface area contributed by atoms with Gasteiger partial charge in [0.25, 0.3) is 0 Å². The molecule has 0 aliphatic rings. The first kappa shape index (κ1) is 12.1. The van der Waals surface area contributed by atoms with Crippen LogP contribution in [-0.2, 0) is 0 Å². The molecule has 0 bridgehead atoms. The molecule has 86 valence electrons. The molecular formula is C10H5Cl3N4. The molecule has 4 nitrogen and oxygen atoms in total. The second kappa shape index (κ2) is 4.46. The molecule has 0 fully saturated rings. The van der Waals surface area contributed by atoms with Gasteiger partial charge in [0.2, 0.25) is 0 Å². The third kappa shape index (κ3) is 2.18. The molecule has 1 aromatic carbocycles. The van der Waals surface area contributed by atoms with Gasteiger partial charge in [-0.2, -0.15) is 5.26 Å². The molecular weight excluding hydrogens is 282 g/mol. The molecule has 1 heterocycles. The number of anilines is 1. The summed E-state index contributed by atoms with van der Waals surface area (Å²) in [6.45, 7) is 0. The number of nitrogens with two attached hydrogens (primary N) is 1. The Hall–Kier alpha value is -1.41. The number of hydrogen-bond acceptors (Lipinski definition) is 3. The Labute approximate surface area is 112 Å². The van der Waals surface area contributed by atoms with Gasteiger partial charge in [0.05, 0.1) is 16.2 Å². The number of nitriles is 1. The number of nitrogen functional groups attached to an aromatic ring is 1. The van der Waals surface area contributed by atoms with Gasteiger partial charge in [0.1, 0.15) is 17.3 Å². The summed E-state index contributed by atoms with van der Waals surface area (Å²) in [4.78, 5) is 0. The van der Waals surface area contributed by atoms with E-state index in [9.17, 15) is 0 Å². The molecule has 1 aromatic heterocycles. The Morgan fingerprint density at radius 1 is 1.24 bits per heavy atom. The highest BCUT2D eigenvalue weighted by Gasteiger charge is 2.13. The van der Waals surface area contributed by atoms with Gasteiger partial charge >= 0.3 is 0 Å². The van der Waals surface area contributed by atoms with E-state index in [0.29, 0.717) is 20.8 Å². The van der Waals surface area contributed by atoms with E-state index in [0.717, 1.165) is 0 Å². The van der Waals surface area contributed by atoms with Crippen LogP contribution < -0.4 is 5.73 Å². The predicted molar refractivity (Wildman–Crippen MR) is 67.7 cm³/mol. The van der Waals surface area contributed by atoms with Crippen LogP contribution in [0.3, 0.4) is 0 Å². The summed E-state index contributed by atoms with van der Waals surface area (Å²) >= 11 is 17.8. The number of hydrogen-bond donors (Lipinski definition) is 1. The van der Waals surface area contributed by atoms with Crippen molar-refractivity contribution < 1.29 is 0 Å². The number of aromatic nitrogens is 2. The zero-order valence-corrected chi connectivity index (χ0v) is 10.6. The molecule has 0 atom stereocenters. The van der Waals surface area contributed by atoms with Gasteiger partial charge in [-0.25, -0.2) is 4.68 Å². The number of halogens is 3. The van der Waals surface area contributed by atoms with Crippen LogP contribution >= 0.6 is 34.8 Å². The van der Waals surface area contributed by atoms with Crippen molar-refractivity contribution in [1.29, 1.82) is 5.26 Å². The van der Waals surface area contributed by atoms with E-state index in [-0.39, 0.29) is 11.4 Å². The Morgan fingerprint density at radius 3 is 2.29 bits per heavy atom. The lowest BCUT2D eigenvalue weighted by Gasteiger charge is -2.07. The molecule has 7 heteroatoms. The zero-order chi connectivity index (χ0) is 12.6. The fourth-order valence-corrected chi connectivity index (χ4v) is 2.33. The van der Waals surface area contributed by atoms with Crippen LogP contribution in [0.15, 0.2) is 18.3 Å². The second-order valence-corrected chi connectivity index (χ2v) is 4.45. The monoisotopic (exact) mass is 286 g/mol. The normalized spacial score (nSPS) is 10.2. The first-order chi connectivity index (χ1) is 8.02. The average Bonchev–Trinajstić information content (AvgIpc) is 2.57. The SMILES string of the molecule is N#Cc1cn(-c2c(Cl)cc(Cl)cc2Cl)nc1N. The molecule has 0 amide bonds. The lowest BCUT2D eigenvalue weighted by molar-refractivity contribution is 0.886. The highest BCUT2D eigenvalue weighted by molar-refractivity contribution is 6.40. The minimum Gasteiger partial charge on any atom is -0.381 e. The van der Waals surface area contributed by atoms with Crippen LogP contribution in [-0.4, -0.2) is 9.78 Å². The lowest BCUT2D eigenvalue weighted by atomic mass is 10.3. The smallest absolute Gasteiger partial charge is 0.163 e. The molecule has 2 N–H and O–H groups in total. The summed E-state index contributed by atoms with van der Waals surface area (Å²) in [5.41, 5.74) is 6.25. The van der Waals surface area contributed by atoms with E-state index in [1.54, 1.807) is 0 Å². The van der Waals surface area contributed by atoms with Gasteiger partial charge in [0, 0.05) is 5.02 Å². The standard InChI is InChI=1S/C10H5Cl3N4/c11-6-1-7(12)9(8(13)2-6)17-4-5(3-14)10(15)16-17/h1-2,4H,(H2,15,16).